The van der Waals surface area contributed by atoms with Crippen LogP contribution < -0.4 is 5.32 Å². The van der Waals surface area contributed by atoms with Crippen LogP contribution >= 0.6 is 11.8 Å². The fourth-order valence-electron chi connectivity index (χ4n) is 1.48. The van der Waals surface area contributed by atoms with E-state index < -0.39 is 5.54 Å². The molecule has 0 aromatic rings. The minimum absolute atomic E-state index is 0.0556. The molecule has 0 unspecified atom stereocenters. The highest BCUT2D eigenvalue weighted by atomic mass is 32.2. The fourth-order valence-corrected chi connectivity index (χ4v) is 2.09. The maximum Gasteiger partial charge on any atom is 0.231 e. The second kappa shape index (κ2) is 5.55. The molecule has 0 bridgehead atoms. The molecule has 1 aliphatic rings. The molecule has 0 spiro atoms. The monoisotopic (exact) mass is 242 g/mol. The summed E-state index contributed by atoms with van der Waals surface area (Å²) in [5.74, 6) is 0.481. The molecule has 0 aliphatic heterocycles. The van der Waals surface area contributed by atoms with Crippen LogP contribution in [0.4, 0.5) is 0 Å². The lowest BCUT2D eigenvalue weighted by atomic mass is 9.98. The van der Waals surface area contributed by atoms with Gasteiger partial charge in [0.1, 0.15) is 5.54 Å². The van der Waals surface area contributed by atoms with Gasteiger partial charge in [0.15, 0.2) is 0 Å². The first kappa shape index (κ1) is 13.3. The molecular formula is C11H18N2O2S. The summed E-state index contributed by atoms with van der Waals surface area (Å²) in [6.07, 6.45) is 2.04. The zero-order valence-corrected chi connectivity index (χ0v) is 10.5. The van der Waals surface area contributed by atoms with Crippen molar-refractivity contribution in [3.8, 4) is 6.07 Å². The molecule has 4 nitrogen and oxygen atoms in total. The number of hydrogen-bond donors (Lipinski definition) is 2. The van der Waals surface area contributed by atoms with Crippen LogP contribution in [-0.4, -0.2) is 34.2 Å². The van der Waals surface area contributed by atoms with E-state index in [1.807, 2.05) is 6.92 Å². The molecule has 1 saturated carbocycles. The number of aliphatic hydroxyl groups excluding tert-OH is 1. The van der Waals surface area contributed by atoms with Crippen molar-refractivity contribution in [2.75, 3.05) is 12.4 Å². The van der Waals surface area contributed by atoms with Gasteiger partial charge in [-0.2, -0.15) is 5.26 Å². The number of thioether (sulfide) groups is 1. The van der Waals surface area contributed by atoms with Gasteiger partial charge in [0.05, 0.1) is 18.4 Å². The molecule has 0 aromatic heterocycles. The van der Waals surface area contributed by atoms with E-state index in [1.165, 1.54) is 11.8 Å². The lowest BCUT2D eigenvalue weighted by Gasteiger charge is -2.23. The molecule has 16 heavy (non-hydrogen) atoms. The Morgan fingerprint density at radius 3 is 2.81 bits per heavy atom. The zero-order chi connectivity index (χ0) is 12.2. The first-order valence-electron chi connectivity index (χ1n) is 5.46. The maximum atomic E-state index is 11.6. The summed E-state index contributed by atoms with van der Waals surface area (Å²) in [7, 11) is 0. The summed E-state index contributed by atoms with van der Waals surface area (Å²) in [5, 5.41) is 20.7. The average Bonchev–Trinajstić information content (AvgIpc) is 3.09. The number of nitrogens with zero attached hydrogens (tertiary/aromatic N) is 1. The van der Waals surface area contributed by atoms with Crippen LogP contribution in [0.15, 0.2) is 0 Å². The summed E-state index contributed by atoms with van der Waals surface area (Å²) < 4.78 is 0. The predicted molar refractivity (Wildman–Crippen MR) is 63.9 cm³/mol. The number of carbonyl (C=O) groups excluding carboxylic acids is 1. The molecule has 0 radical (unpaired) electrons. The van der Waals surface area contributed by atoms with E-state index in [0.717, 1.165) is 12.8 Å². The van der Waals surface area contributed by atoms with Crippen LogP contribution in [0.5, 0.6) is 0 Å². The van der Waals surface area contributed by atoms with Gasteiger partial charge in [-0.1, -0.05) is 6.92 Å². The van der Waals surface area contributed by atoms with Crippen LogP contribution in [0.3, 0.4) is 0 Å². The molecule has 5 heteroatoms. The summed E-state index contributed by atoms with van der Waals surface area (Å²) in [6, 6.07) is 2.18. The molecule has 0 aromatic carbocycles. The third-order valence-corrected chi connectivity index (χ3v) is 3.93. The van der Waals surface area contributed by atoms with Crippen LogP contribution in [-0.2, 0) is 4.79 Å². The van der Waals surface area contributed by atoms with E-state index in [0.29, 0.717) is 11.7 Å². The standard InChI is InChI=1S/C11H18N2O2S/c1-8(5-14)16-6-10(15)13-11(2,7-12)9-3-4-9/h8-9,14H,3-6H2,1-2H3,(H,13,15)/t8-,11-/m1/s1. The summed E-state index contributed by atoms with van der Waals surface area (Å²) >= 11 is 1.40. The van der Waals surface area contributed by atoms with Crippen molar-refractivity contribution in [3.63, 3.8) is 0 Å². The van der Waals surface area contributed by atoms with Crippen LogP contribution in [0.2, 0.25) is 0 Å². The van der Waals surface area contributed by atoms with Crippen molar-refractivity contribution in [2.24, 2.45) is 5.92 Å². The van der Waals surface area contributed by atoms with Crippen LogP contribution in [0.25, 0.3) is 0 Å². The molecule has 1 fully saturated rings. The number of nitrogens with one attached hydrogen (secondary N) is 1. The Balaban J connectivity index is 2.35. The minimum atomic E-state index is -0.708. The highest BCUT2D eigenvalue weighted by Gasteiger charge is 2.42. The number of amides is 1. The third kappa shape index (κ3) is 3.69. The van der Waals surface area contributed by atoms with Crippen molar-refractivity contribution in [1.29, 1.82) is 5.26 Å². The number of aliphatic hydroxyl groups is 1. The Kier molecular flexibility index (Phi) is 4.63. The second-order valence-corrected chi connectivity index (χ2v) is 5.87. The van der Waals surface area contributed by atoms with Gasteiger partial charge in [0.2, 0.25) is 5.91 Å². The fraction of sp³-hybridized carbons (Fsp3) is 0.818. The van der Waals surface area contributed by atoms with Gasteiger partial charge in [-0.15, -0.1) is 11.8 Å². The Morgan fingerprint density at radius 2 is 2.38 bits per heavy atom. The van der Waals surface area contributed by atoms with Crippen molar-refractivity contribution in [3.05, 3.63) is 0 Å². The summed E-state index contributed by atoms with van der Waals surface area (Å²) in [6.45, 7) is 3.71. The van der Waals surface area contributed by atoms with Crippen molar-refractivity contribution < 1.29 is 9.90 Å². The molecule has 2 N–H and O–H groups in total. The highest BCUT2D eigenvalue weighted by molar-refractivity contribution is 8.00. The summed E-state index contributed by atoms with van der Waals surface area (Å²) in [4.78, 5) is 11.6. The van der Waals surface area contributed by atoms with E-state index >= 15 is 0 Å². The third-order valence-electron chi connectivity index (χ3n) is 2.78. The molecular weight excluding hydrogens is 224 g/mol. The second-order valence-electron chi connectivity index (χ2n) is 4.44. The molecule has 0 saturated heterocycles. The molecule has 2 atom stereocenters. The Labute approximate surface area is 100 Å². The van der Waals surface area contributed by atoms with Crippen molar-refractivity contribution >= 4 is 17.7 Å². The van der Waals surface area contributed by atoms with Gasteiger partial charge in [-0.3, -0.25) is 4.79 Å². The quantitative estimate of drug-likeness (QED) is 0.726. The molecule has 90 valence electrons. The molecule has 0 heterocycles. The lowest BCUT2D eigenvalue weighted by Crippen LogP contribution is -2.47. The van der Waals surface area contributed by atoms with Crippen molar-refractivity contribution in [1.82, 2.24) is 5.32 Å². The maximum absolute atomic E-state index is 11.6. The molecule has 1 amide bonds. The highest BCUT2D eigenvalue weighted by Crippen LogP contribution is 2.39. The molecule has 1 aliphatic carbocycles. The van der Waals surface area contributed by atoms with E-state index in [9.17, 15) is 4.79 Å². The number of nitriles is 1. The van der Waals surface area contributed by atoms with E-state index in [1.54, 1.807) is 6.92 Å². The number of rotatable bonds is 6. The van der Waals surface area contributed by atoms with E-state index in [2.05, 4.69) is 11.4 Å². The Bertz CT molecular complexity index is 299. The van der Waals surface area contributed by atoms with Gasteiger partial charge in [-0.25, -0.2) is 0 Å². The van der Waals surface area contributed by atoms with Crippen LogP contribution in [0.1, 0.15) is 26.7 Å². The topological polar surface area (TPSA) is 73.1 Å². The van der Waals surface area contributed by atoms with Crippen LogP contribution in [0, 0.1) is 17.2 Å². The Hall–Kier alpha value is -0.730. The van der Waals surface area contributed by atoms with E-state index in [4.69, 9.17) is 10.4 Å². The largest absolute Gasteiger partial charge is 0.395 e. The Morgan fingerprint density at radius 1 is 1.75 bits per heavy atom. The smallest absolute Gasteiger partial charge is 0.231 e. The summed E-state index contributed by atoms with van der Waals surface area (Å²) in [5.41, 5.74) is -0.708. The molecule has 1 rings (SSSR count). The first-order chi connectivity index (χ1) is 7.51. The number of carbonyl (C=O) groups is 1. The van der Waals surface area contributed by atoms with Gasteiger partial charge < -0.3 is 10.4 Å². The van der Waals surface area contributed by atoms with Crippen molar-refractivity contribution in [2.45, 2.75) is 37.5 Å². The SMILES string of the molecule is C[C@H](CO)SCC(=O)N[C@](C)(C#N)C1CC1. The number of hydrogen-bond acceptors (Lipinski definition) is 4. The zero-order valence-electron chi connectivity index (χ0n) is 9.69. The average molecular weight is 242 g/mol. The first-order valence-corrected chi connectivity index (χ1v) is 6.51. The van der Waals surface area contributed by atoms with Gasteiger partial charge in [-0.05, 0) is 25.7 Å². The van der Waals surface area contributed by atoms with Gasteiger partial charge in [0.25, 0.3) is 0 Å². The lowest BCUT2D eigenvalue weighted by molar-refractivity contribution is -0.119. The van der Waals surface area contributed by atoms with Gasteiger partial charge >= 0.3 is 0 Å². The minimum Gasteiger partial charge on any atom is -0.395 e. The van der Waals surface area contributed by atoms with Gasteiger partial charge in [0, 0.05) is 5.25 Å². The normalized spacial score (nSPS) is 20.6. The predicted octanol–water partition coefficient (Wildman–Crippen LogP) is 0.909. The van der Waals surface area contributed by atoms with E-state index in [-0.39, 0.29) is 17.8 Å².